The molecule has 0 aliphatic heterocycles. The average Bonchev–Trinajstić information content (AvgIpc) is 3.37. The van der Waals surface area contributed by atoms with Gasteiger partial charge >= 0.3 is 0 Å². The number of H-pyrrole nitrogens is 1. The van der Waals surface area contributed by atoms with E-state index in [1.807, 2.05) is 22.9 Å². The zero-order chi connectivity index (χ0) is 19.5. The predicted molar refractivity (Wildman–Crippen MR) is 105 cm³/mol. The number of amides is 1. The first-order valence-corrected chi connectivity index (χ1v) is 9.61. The molecular formula is C19H17N5O3S. The molecule has 0 saturated heterocycles. The van der Waals surface area contributed by atoms with E-state index in [1.165, 1.54) is 4.90 Å². The first kappa shape index (κ1) is 18.1. The summed E-state index contributed by atoms with van der Waals surface area (Å²) >= 11 is 1.55. The van der Waals surface area contributed by atoms with Crippen molar-refractivity contribution in [2.45, 2.75) is 19.4 Å². The number of aryl methyl sites for hydroxylation is 1. The molecule has 3 heterocycles. The van der Waals surface area contributed by atoms with Crippen LogP contribution in [0.2, 0.25) is 0 Å². The molecule has 3 aromatic heterocycles. The molecule has 0 fully saturated rings. The zero-order valence-corrected chi connectivity index (χ0v) is 15.9. The van der Waals surface area contributed by atoms with Crippen LogP contribution in [0.25, 0.3) is 22.3 Å². The monoisotopic (exact) mass is 395 g/mol. The number of benzene rings is 1. The summed E-state index contributed by atoms with van der Waals surface area (Å²) in [6.07, 6.45) is 0.571. The Morgan fingerprint density at radius 1 is 1.25 bits per heavy atom. The van der Waals surface area contributed by atoms with E-state index >= 15 is 0 Å². The number of thiophene rings is 1. The minimum atomic E-state index is -0.215. The van der Waals surface area contributed by atoms with Gasteiger partial charge in [0.05, 0.1) is 17.4 Å². The van der Waals surface area contributed by atoms with Crippen molar-refractivity contribution in [2.24, 2.45) is 0 Å². The van der Waals surface area contributed by atoms with Crippen LogP contribution in [-0.4, -0.2) is 38.0 Å². The molecule has 0 bridgehead atoms. The summed E-state index contributed by atoms with van der Waals surface area (Å²) in [4.78, 5) is 37.5. The van der Waals surface area contributed by atoms with E-state index in [9.17, 15) is 9.59 Å². The van der Waals surface area contributed by atoms with Crippen LogP contribution in [0.1, 0.15) is 18.1 Å². The highest BCUT2D eigenvalue weighted by atomic mass is 32.1. The van der Waals surface area contributed by atoms with Crippen molar-refractivity contribution < 1.29 is 9.32 Å². The Hall–Kier alpha value is -3.33. The van der Waals surface area contributed by atoms with Gasteiger partial charge < -0.3 is 14.4 Å². The van der Waals surface area contributed by atoms with Gasteiger partial charge in [-0.3, -0.25) is 9.59 Å². The average molecular weight is 395 g/mol. The van der Waals surface area contributed by atoms with Gasteiger partial charge in [0.25, 0.3) is 5.56 Å². The summed E-state index contributed by atoms with van der Waals surface area (Å²) in [5.74, 6) is 1.28. The van der Waals surface area contributed by atoms with E-state index < -0.39 is 0 Å². The summed E-state index contributed by atoms with van der Waals surface area (Å²) in [5.41, 5.74) is 1.29. The number of hydrogen-bond donors (Lipinski definition) is 1. The van der Waals surface area contributed by atoms with Gasteiger partial charge in [-0.25, -0.2) is 4.98 Å². The Morgan fingerprint density at radius 2 is 2.11 bits per heavy atom. The summed E-state index contributed by atoms with van der Waals surface area (Å²) in [6, 6.07) is 9.01. The minimum absolute atomic E-state index is 0.105. The number of aromatic nitrogens is 4. The van der Waals surface area contributed by atoms with Crippen molar-refractivity contribution in [3.63, 3.8) is 0 Å². The first-order chi connectivity index (χ1) is 13.6. The van der Waals surface area contributed by atoms with Crippen LogP contribution in [0.5, 0.6) is 0 Å². The molecule has 28 heavy (non-hydrogen) atoms. The van der Waals surface area contributed by atoms with Gasteiger partial charge in [0, 0.05) is 30.8 Å². The lowest BCUT2D eigenvalue weighted by atomic mass is 10.2. The maximum atomic E-state index is 12.4. The Labute approximate surface area is 163 Å². The molecular weight excluding hydrogens is 378 g/mol. The van der Waals surface area contributed by atoms with Gasteiger partial charge in [-0.2, -0.15) is 16.3 Å². The molecule has 0 unspecified atom stereocenters. The van der Waals surface area contributed by atoms with E-state index in [1.54, 1.807) is 36.6 Å². The number of nitrogens with zero attached hydrogens (tertiary/aromatic N) is 4. The van der Waals surface area contributed by atoms with Crippen LogP contribution in [-0.2, 0) is 17.8 Å². The lowest BCUT2D eigenvalue weighted by molar-refractivity contribution is -0.130. The molecule has 9 heteroatoms. The van der Waals surface area contributed by atoms with Crippen LogP contribution in [0, 0.1) is 0 Å². The predicted octanol–water partition coefficient (Wildman–Crippen LogP) is 2.63. The summed E-state index contributed by atoms with van der Waals surface area (Å²) in [7, 11) is 1.67. The Morgan fingerprint density at radius 3 is 2.93 bits per heavy atom. The third kappa shape index (κ3) is 3.84. The van der Waals surface area contributed by atoms with Crippen LogP contribution < -0.4 is 5.56 Å². The largest absolute Gasteiger partial charge is 0.339 e. The van der Waals surface area contributed by atoms with Gasteiger partial charge in [-0.05, 0) is 23.6 Å². The topological polar surface area (TPSA) is 105 Å². The molecule has 0 aliphatic rings. The number of aromatic amines is 1. The van der Waals surface area contributed by atoms with Crippen LogP contribution in [0.15, 0.2) is 50.4 Å². The summed E-state index contributed by atoms with van der Waals surface area (Å²) in [6.45, 7) is 0.211. The number of fused-ring (bicyclic) bond motifs is 1. The summed E-state index contributed by atoms with van der Waals surface area (Å²) in [5, 5.41) is 8.33. The molecule has 0 spiro atoms. The fourth-order valence-corrected chi connectivity index (χ4v) is 3.43. The number of nitrogens with one attached hydrogen (secondary N) is 1. The Bertz CT molecular complexity index is 1170. The van der Waals surface area contributed by atoms with Gasteiger partial charge in [0.15, 0.2) is 0 Å². The van der Waals surface area contributed by atoms with E-state index in [2.05, 4.69) is 20.1 Å². The Kier molecular flexibility index (Phi) is 4.98. The molecule has 1 amide bonds. The second kappa shape index (κ2) is 7.73. The highest BCUT2D eigenvalue weighted by Crippen LogP contribution is 2.19. The van der Waals surface area contributed by atoms with Crippen LogP contribution >= 0.6 is 11.3 Å². The maximum Gasteiger partial charge on any atom is 0.258 e. The molecule has 4 aromatic rings. The molecule has 0 aliphatic carbocycles. The van der Waals surface area contributed by atoms with E-state index in [4.69, 9.17) is 4.52 Å². The molecule has 0 atom stereocenters. The first-order valence-electron chi connectivity index (χ1n) is 8.67. The second-order valence-electron chi connectivity index (χ2n) is 6.30. The molecule has 8 nitrogen and oxygen atoms in total. The lowest BCUT2D eigenvalue weighted by Gasteiger charge is -2.16. The third-order valence-electron chi connectivity index (χ3n) is 4.27. The molecule has 4 rings (SSSR count). The van der Waals surface area contributed by atoms with E-state index in [0.717, 1.165) is 5.56 Å². The normalized spacial score (nSPS) is 11.0. The SMILES string of the molecule is CN(Cc1nc2ccccc2c(=O)[nH]1)C(=O)CCc1nc(-c2ccsc2)no1. The lowest BCUT2D eigenvalue weighted by Crippen LogP contribution is -2.28. The van der Waals surface area contributed by atoms with Gasteiger partial charge in [0.2, 0.25) is 17.6 Å². The zero-order valence-electron chi connectivity index (χ0n) is 15.1. The van der Waals surface area contributed by atoms with Crippen molar-refractivity contribution in [1.82, 2.24) is 25.0 Å². The number of rotatable bonds is 6. The fraction of sp³-hybridized carbons (Fsp3) is 0.211. The van der Waals surface area contributed by atoms with Crippen molar-refractivity contribution in [3.05, 3.63) is 63.2 Å². The molecule has 142 valence electrons. The van der Waals surface area contributed by atoms with Crippen LogP contribution in [0.3, 0.4) is 0 Å². The number of hydrogen-bond acceptors (Lipinski definition) is 7. The van der Waals surface area contributed by atoms with E-state index in [-0.39, 0.29) is 24.4 Å². The molecule has 0 radical (unpaired) electrons. The quantitative estimate of drug-likeness (QED) is 0.538. The van der Waals surface area contributed by atoms with Crippen molar-refractivity contribution >= 4 is 28.1 Å². The standard InChI is InChI=1S/C19H17N5O3S/c1-24(10-15-20-14-5-3-2-4-13(14)19(26)21-15)17(25)7-6-16-22-18(23-27-16)12-8-9-28-11-12/h2-5,8-9,11H,6-7,10H2,1H3,(H,20,21,26). The Balaban J connectivity index is 1.38. The number of para-hydroxylation sites is 1. The fourth-order valence-electron chi connectivity index (χ4n) is 2.79. The number of carbonyl (C=O) groups excluding carboxylic acids is 1. The minimum Gasteiger partial charge on any atom is -0.339 e. The smallest absolute Gasteiger partial charge is 0.258 e. The molecule has 1 N–H and O–H groups in total. The van der Waals surface area contributed by atoms with Gasteiger partial charge in [-0.15, -0.1) is 0 Å². The van der Waals surface area contributed by atoms with Crippen molar-refractivity contribution in [3.8, 4) is 11.4 Å². The van der Waals surface area contributed by atoms with Crippen LogP contribution in [0.4, 0.5) is 0 Å². The maximum absolute atomic E-state index is 12.4. The second-order valence-corrected chi connectivity index (χ2v) is 7.08. The van der Waals surface area contributed by atoms with Crippen molar-refractivity contribution in [2.75, 3.05) is 7.05 Å². The molecule has 1 aromatic carbocycles. The molecule has 0 saturated carbocycles. The highest BCUT2D eigenvalue weighted by molar-refractivity contribution is 7.08. The number of carbonyl (C=O) groups is 1. The van der Waals surface area contributed by atoms with Gasteiger partial charge in [0.1, 0.15) is 5.82 Å². The third-order valence-corrected chi connectivity index (χ3v) is 4.96. The van der Waals surface area contributed by atoms with Gasteiger partial charge in [-0.1, -0.05) is 17.3 Å². The summed E-state index contributed by atoms with van der Waals surface area (Å²) < 4.78 is 5.21. The van der Waals surface area contributed by atoms with E-state index in [0.29, 0.717) is 34.9 Å². The van der Waals surface area contributed by atoms with Crippen molar-refractivity contribution in [1.29, 1.82) is 0 Å². The highest BCUT2D eigenvalue weighted by Gasteiger charge is 2.15.